The number of nitrogens with zero attached hydrogens (tertiary/aromatic N) is 3. The lowest BCUT2D eigenvalue weighted by Crippen LogP contribution is -2.27. The molecule has 0 saturated heterocycles. The van der Waals surface area contributed by atoms with Crippen molar-refractivity contribution in [2.24, 2.45) is 5.92 Å². The average molecular weight is 399 g/mol. The first-order valence-corrected chi connectivity index (χ1v) is 10.8. The predicted molar refractivity (Wildman–Crippen MR) is 114 cm³/mol. The van der Waals surface area contributed by atoms with E-state index in [0.717, 1.165) is 28.7 Å². The second-order valence-corrected chi connectivity index (χ2v) is 9.03. The van der Waals surface area contributed by atoms with Crippen LogP contribution in [-0.4, -0.2) is 28.7 Å². The van der Waals surface area contributed by atoms with Crippen LogP contribution in [-0.2, 0) is 17.6 Å². The quantitative estimate of drug-likeness (QED) is 0.528. The maximum Gasteiger partial charge on any atom is 0.237 e. The molecule has 27 heavy (non-hydrogen) atoms. The molecule has 3 aromatic rings. The third-order valence-electron chi connectivity index (χ3n) is 5.00. The van der Waals surface area contributed by atoms with Crippen molar-refractivity contribution in [3.05, 3.63) is 40.8 Å². The van der Waals surface area contributed by atoms with Crippen LogP contribution >= 0.6 is 23.1 Å². The molecule has 4 rings (SSSR count). The summed E-state index contributed by atoms with van der Waals surface area (Å²) in [6.07, 6.45) is 3.34. The zero-order valence-electron chi connectivity index (χ0n) is 15.4. The lowest BCUT2D eigenvalue weighted by molar-refractivity contribution is -0.115. The number of thiophene rings is 1. The van der Waals surface area contributed by atoms with Crippen LogP contribution in [0.25, 0.3) is 10.2 Å². The predicted octanol–water partition coefficient (Wildman–Crippen LogP) is 4.15. The van der Waals surface area contributed by atoms with Gasteiger partial charge in [-0.3, -0.25) is 4.79 Å². The summed E-state index contributed by atoms with van der Waals surface area (Å²) in [4.78, 5) is 25.6. The van der Waals surface area contributed by atoms with Gasteiger partial charge in [0.05, 0.1) is 11.1 Å². The molecule has 1 aliphatic carbocycles. The number of fused-ring (bicyclic) bond motifs is 3. The number of nitrogens with two attached hydrogens (primary N) is 1. The van der Waals surface area contributed by atoms with Crippen LogP contribution in [0.1, 0.15) is 23.8 Å². The van der Waals surface area contributed by atoms with E-state index in [9.17, 15) is 4.79 Å². The van der Waals surface area contributed by atoms with E-state index in [1.165, 1.54) is 28.6 Å². The molecule has 1 amide bonds. The molecule has 5 nitrogen and oxygen atoms in total. The minimum atomic E-state index is 0.00719. The summed E-state index contributed by atoms with van der Waals surface area (Å²) in [6.45, 7) is 2.29. The Hall–Kier alpha value is -2.12. The van der Waals surface area contributed by atoms with Gasteiger partial charge in [-0.25, -0.2) is 9.97 Å². The van der Waals surface area contributed by atoms with Crippen LogP contribution in [0, 0.1) is 5.92 Å². The molecule has 7 heteroatoms. The van der Waals surface area contributed by atoms with Crippen LogP contribution in [0.15, 0.2) is 35.5 Å². The number of hydrogen-bond donors (Lipinski definition) is 1. The molecule has 0 saturated carbocycles. The number of amides is 1. The summed E-state index contributed by atoms with van der Waals surface area (Å²) < 4.78 is 0. The van der Waals surface area contributed by atoms with E-state index < -0.39 is 0 Å². The number of para-hydroxylation sites is 1. The fraction of sp³-hybridized carbons (Fsp3) is 0.350. The lowest BCUT2D eigenvalue weighted by atomic mass is 9.89. The van der Waals surface area contributed by atoms with Gasteiger partial charge in [-0.15, -0.1) is 11.3 Å². The summed E-state index contributed by atoms with van der Waals surface area (Å²) in [5.41, 5.74) is 8.47. The highest BCUT2D eigenvalue weighted by Crippen LogP contribution is 2.39. The van der Waals surface area contributed by atoms with Crippen molar-refractivity contribution in [3.63, 3.8) is 0 Å². The fourth-order valence-corrected chi connectivity index (χ4v) is 5.65. The molecular weight excluding hydrogens is 376 g/mol. The largest absolute Gasteiger partial charge is 0.383 e. The first-order valence-electron chi connectivity index (χ1n) is 9.05. The minimum absolute atomic E-state index is 0.00719. The number of aryl methyl sites for hydroxylation is 1. The molecule has 1 aliphatic rings. The van der Waals surface area contributed by atoms with Crippen LogP contribution in [0.4, 0.5) is 11.5 Å². The summed E-state index contributed by atoms with van der Waals surface area (Å²) in [5, 5.41) is 1.60. The Morgan fingerprint density at radius 3 is 2.89 bits per heavy atom. The van der Waals surface area contributed by atoms with Crippen molar-refractivity contribution in [3.8, 4) is 0 Å². The summed E-state index contributed by atoms with van der Waals surface area (Å²) in [6, 6.07) is 9.61. The molecule has 1 atom stereocenters. The highest BCUT2D eigenvalue weighted by molar-refractivity contribution is 7.99. The number of rotatable bonds is 4. The van der Waals surface area contributed by atoms with E-state index >= 15 is 0 Å². The minimum Gasteiger partial charge on any atom is -0.383 e. The fourth-order valence-electron chi connectivity index (χ4n) is 3.43. The Balaban J connectivity index is 1.52. The van der Waals surface area contributed by atoms with Gasteiger partial charge in [-0.2, -0.15) is 0 Å². The van der Waals surface area contributed by atoms with Gasteiger partial charge in [0.15, 0.2) is 5.16 Å². The van der Waals surface area contributed by atoms with E-state index in [4.69, 9.17) is 5.73 Å². The molecule has 0 radical (unpaired) electrons. The van der Waals surface area contributed by atoms with Crippen molar-refractivity contribution in [1.82, 2.24) is 9.97 Å². The highest BCUT2D eigenvalue weighted by Gasteiger charge is 2.23. The van der Waals surface area contributed by atoms with Crippen molar-refractivity contribution in [2.75, 3.05) is 23.4 Å². The number of thioether (sulfide) groups is 1. The van der Waals surface area contributed by atoms with Crippen LogP contribution < -0.4 is 10.6 Å². The third-order valence-corrected chi connectivity index (χ3v) is 6.99. The summed E-state index contributed by atoms with van der Waals surface area (Å²) in [5.74, 6) is 1.53. The Kier molecular flexibility index (Phi) is 5.06. The number of carbonyl (C=O) groups excluding carboxylic acids is 1. The van der Waals surface area contributed by atoms with E-state index in [2.05, 4.69) is 16.9 Å². The zero-order chi connectivity index (χ0) is 19.0. The number of hydrogen-bond acceptors (Lipinski definition) is 6. The molecule has 0 spiro atoms. The Labute approximate surface area is 167 Å². The van der Waals surface area contributed by atoms with Gasteiger partial charge in [0.2, 0.25) is 5.91 Å². The van der Waals surface area contributed by atoms with Gasteiger partial charge in [0, 0.05) is 17.6 Å². The van der Waals surface area contributed by atoms with E-state index in [1.54, 1.807) is 23.3 Å². The van der Waals surface area contributed by atoms with E-state index in [0.29, 0.717) is 16.9 Å². The van der Waals surface area contributed by atoms with Gasteiger partial charge in [0.25, 0.3) is 0 Å². The maximum absolute atomic E-state index is 12.5. The molecule has 0 bridgehead atoms. The summed E-state index contributed by atoms with van der Waals surface area (Å²) in [7, 11) is 1.78. The molecule has 2 N–H and O–H groups in total. The van der Waals surface area contributed by atoms with Gasteiger partial charge in [-0.1, -0.05) is 36.9 Å². The first-order chi connectivity index (χ1) is 13.0. The van der Waals surface area contributed by atoms with Gasteiger partial charge >= 0.3 is 0 Å². The second-order valence-electron chi connectivity index (χ2n) is 7.00. The van der Waals surface area contributed by atoms with Crippen molar-refractivity contribution in [2.45, 2.75) is 31.3 Å². The molecule has 2 heterocycles. The van der Waals surface area contributed by atoms with Crippen molar-refractivity contribution in [1.29, 1.82) is 0 Å². The Morgan fingerprint density at radius 1 is 1.33 bits per heavy atom. The number of nitrogen functional groups attached to an aromatic ring is 1. The molecule has 1 aromatic carbocycles. The van der Waals surface area contributed by atoms with Crippen molar-refractivity contribution < 1.29 is 4.79 Å². The first kappa shape index (κ1) is 18.3. The molecular formula is C20H22N4OS2. The number of benzene rings is 1. The van der Waals surface area contributed by atoms with Crippen LogP contribution in [0.3, 0.4) is 0 Å². The van der Waals surface area contributed by atoms with E-state index in [-0.39, 0.29) is 11.7 Å². The maximum atomic E-state index is 12.5. The number of anilines is 2. The molecule has 2 aromatic heterocycles. The molecule has 0 fully saturated rings. The third kappa shape index (κ3) is 3.66. The van der Waals surface area contributed by atoms with Crippen molar-refractivity contribution >= 4 is 50.7 Å². The smallest absolute Gasteiger partial charge is 0.237 e. The Morgan fingerprint density at radius 2 is 2.11 bits per heavy atom. The lowest BCUT2D eigenvalue weighted by Gasteiger charge is -2.18. The number of aromatic nitrogens is 2. The SMILES string of the molecule is C[C@@H]1CCc2c(sc3nc(SCC(=O)N(C)c4ccccc4)nc(N)c23)C1. The standard InChI is InChI=1S/C20H22N4OS2/c1-12-8-9-14-15(10-12)27-19-17(14)18(21)22-20(23-19)26-11-16(25)24(2)13-6-4-3-5-7-13/h3-7,12H,8-11H2,1-2H3,(H2,21,22,23)/t12-/m1/s1. The van der Waals surface area contributed by atoms with E-state index in [1.807, 2.05) is 30.3 Å². The van der Waals surface area contributed by atoms with Gasteiger partial charge in [-0.05, 0) is 42.9 Å². The topological polar surface area (TPSA) is 72.1 Å². The number of carbonyl (C=O) groups is 1. The molecule has 0 unspecified atom stereocenters. The normalized spacial score (nSPS) is 16.3. The summed E-state index contributed by atoms with van der Waals surface area (Å²) >= 11 is 3.07. The van der Waals surface area contributed by atoms with Gasteiger partial charge in [0.1, 0.15) is 10.6 Å². The average Bonchev–Trinajstić information content (AvgIpc) is 3.03. The molecule has 140 valence electrons. The van der Waals surface area contributed by atoms with Crippen LogP contribution in [0.2, 0.25) is 0 Å². The monoisotopic (exact) mass is 398 g/mol. The highest BCUT2D eigenvalue weighted by atomic mass is 32.2. The Bertz CT molecular complexity index is 987. The zero-order valence-corrected chi connectivity index (χ0v) is 17.1. The van der Waals surface area contributed by atoms with Crippen LogP contribution in [0.5, 0.6) is 0 Å². The second kappa shape index (κ2) is 7.48. The van der Waals surface area contributed by atoms with Gasteiger partial charge < -0.3 is 10.6 Å². The molecule has 0 aliphatic heterocycles.